The minimum atomic E-state index is -0.894. The third-order valence-electron chi connectivity index (χ3n) is 3.22. The van der Waals surface area contributed by atoms with Gasteiger partial charge in [-0.15, -0.1) is 10.2 Å². The molecule has 5 heteroatoms. The van der Waals surface area contributed by atoms with Gasteiger partial charge in [-0.1, -0.05) is 24.3 Å². The highest BCUT2D eigenvalue weighted by atomic mass is 19.2. The summed E-state index contributed by atoms with van der Waals surface area (Å²) in [4.78, 5) is 0. The van der Waals surface area contributed by atoms with Crippen molar-refractivity contribution in [2.45, 2.75) is 6.92 Å². The lowest BCUT2D eigenvalue weighted by Gasteiger charge is -2.10. The molecule has 3 rings (SSSR count). The van der Waals surface area contributed by atoms with E-state index in [4.69, 9.17) is 0 Å². The zero-order valence-electron chi connectivity index (χ0n) is 11.4. The van der Waals surface area contributed by atoms with Gasteiger partial charge in [0.2, 0.25) is 0 Å². The average Bonchev–Trinajstić information content (AvgIpc) is 2.51. The van der Waals surface area contributed by atoms with Crippen molar-refractivity contribution in [1.82, 2.24) is 10.2 Å². The van der Waals surface area contributed by atoms with E-state index in [0.29, 0.717) is 17.1 Å². The second kappa shape index (κ2) is 5.44. The zero-order valence-corrected chi connectivity index (χ0v) is 11.4. The first kappa shape index (κ1) is 13.4. The minimum absolute atomic E-state index is 0.501. The van der Waals surface area contributed by atoms with E-state index in [1.807, 2.05) is 31.2 Å². The summed E-state index contributed by atoms with van der Waals surface area (Å²) in [5.41, 5.74) is 1.03. The van der Waals surface area contributed by atoms with Crippen molar-refractivity contribution in [3.63, 3.8) is 0 Å². The fourth-order valence-electron chi connectivity index (χ4n) is 2.26. The standard InChI is InChI=1S/C16H13F2N3/c1-2-19-16-12-6-4-3-5-11(12)15(20-21-16)10-7-8-13(17)14(18)9-10/h3-9H,2H2,1H3,(H,19,21). The zero-order chi connectivity index (χ0) is 14.8. The van der Waals surface area contributed by atoms with Crippen molar-refractivity contribution in [3.8, 4) is 11.3 Å². The van der Waals surface area contributed by atoms with Gasteiger partial charge in [-0.05, 0) is 25.1 Å². The third-order valence-corrected chi connectivity index (χ3v) is 3.22. The van der Waals surface area contributed by atoms with Gasteiger partial charge in [-0.3, -0.25) is 0 Å². The normalized spacial score (nSPS) is 10.8. The Balaban J connectivity index is 2.23. The Labute approximate surface area is 120 Å². The quantitative estimate of drug-likeness (QED) is 0.790. The Morgan fingerprint density at radius 2 is 1.71 bits per heavy atom. The van der Waals surface area contributed by atoms with Gasteiger partial charge in [0.1, 0.15) is 5.69 Å². The molecule has 0 aliphatic rings. The molecule has 0 radical (unpaired) electrons. The predicted molar refractivity (Wildman–Crippen MR) is 79.1 cm³/mol. The number of aromatic nitrogens is 2. The van der Waals surface area contributed by atoms with Crippen LogP contribution in [0.2, 0.25) is 0 Å². The summed E-state index contributed by atoms with van der Waals surface area (Å²) in [7, 11) is 0. The van der Waals surface area contributed by atoms with Crippen molar-refractivity contribution in [2.24, 2.45) is 0 Å². The van der Waals surface area contributed by atoms with Gasteiger partial charge < -0.3 is 5.32 Å². The molecule has 106 valence electrons. The maximum absolute atomic E-state index is 13.4. The van der Waals surface area contributed by atoms with Gasteiger partial charge in [0.05, 0.1) is 0 Å². The number of benzene rings is 2. The van der Waals surface area contributed by atoms with E-state index in [1.165, 1.54) is 6.07 Å². The smallest absolute Gasteiger partial charge is 0.159 e. The molecule has 0 aliphatic heterocycles. The van der Waals surface area contributed by atoms with Crippen molar-refractivity contribution in [3.05, 3.63) is 54.1 Å². The molecule has 0 spiro atoms. The Morgan fingerprint density at radius 1 is 0.952 bits per heavy atom. The highest BCUT2D eigenvalue weighted by Crippen LogP contribution is 2.30. The van der Waals surface area contributed by atoms with Gasteiger partial charge in [0, 0.05) is 22.9 Å². The number of hydrogen-bond donors (Lipinski definition) is 1. The number of anilines is 1. The number of fused-ring (bicyclic) bond motifs is 1. The molecule has 0 fully saturated rings. The fraction of sp³-hybridized carbons (Fsp3) is 0.125. The molecule has 0 bridgehead atoms. The van der Waals surface area contributed by atoms with Gasteiger partial charge >= 0.3 is 0 Å². The van der Waals surface area contributed by atoms with Gasteiger partial charge in [0.15, 0.2) is 17.5 Å². The van der Waals surface area contributed by atoms with Crippen molar-refractivity contribution >= 4 is 16.6 Å². The first-order valence-corrected chi connectivity index (χ1v) is 6.65. The summed E-state index contributed by atoms with van der Waals surface area (Å²) in [5.74, 6) is -1.09. The van der Waals surface area contributed by atoms with Crippen LogP contribution >= 0.6 is 0 Å². The number of nitrogens with zero attached hydrogens (tertiary/aromatic N) is 2. The van der Waals surface area contributed by atoms with Crippen LogP contribution in [0.3, 0.4) is 0 Å². The number of rotatable bonds is 3. The van der Waals surface area contributed by atoms with Gasteiger partial charge in [0.25, 0.3) is 0 Å². The average molecular weight is 285 g/mol. The maximum Gasteiger partial charge on any atom is 0.159 e. The van der Waals surface area contributed by atoms with E-state index in [0.717, 1.165) is 29.4 Å². The van der Waals surface area contributed by atoms with Gasteiger partial charge in [-0.2, -0.15) is 0 Å². The molecule has 3 aromatic rings. The van der Waals surface area contributed by atoms with Crippen molar-refractivity contribution in [2.75, 3.05) is 11.9 Å². The fourth-order valence-corrected chi connectivity index (χ4v) is 2.26. The second-order valence-corrected chi connectivity index (χ2v) is 4.60. The van der Waals surface area contributed by atoms with E-state index in [9.17, 15) is 8.78 Å². The summed E-state index contributed by atoms with van der Waals surface area (Å²) in [6.45, 7) is 2.70. The minimum Gasteiger partial charge on any atom is -0.368 e. The molecule has 3 nitrogen and oxygen atoms in total. The summed E-state index contributed by atoms with van der Waals surface area (Å²) in [6, 6.07) is 11.3. The summed E-state index contributed by atoms with van der Waals surface area (Å²) >= 11 is 0. The highest BCUT2D eigenvalue weighted by molar-refractivity contribution is 5.99. The molecular formula is C16H13F2N3. The molecule has 0 unspecified atom stereocenters. The van der Waals surface area contributed by atoms with E-state index in [2.05, 4.69) is 15.5 Å². The van der Waals surface area contributed by atoms with Crippen molar-refractivity contribution < 1.29 is 8.78 Å². The van der Waals surface area contributed by atoms with Crippen LogP contribution < -0.4 is 5.32 Å². The van der Waals surface area contributed by atoms with Crippen LogP contribution in [-0.4, -0.2) is 16.7 Å². The highest BCUT2D eigenvalue weighted by Gasteiger charge is 2.12. The van der Waals surface area contributed by atoms with Crippen LogP contribution in [0.1, 0.15) is 6.92 Å². The summed E-state index contributed by atoms with van der Waals surface area (Å²) < 4.78 is 26.5. The van der Waals surface area contributed by atoms with Gasteiger partial charge in [-0.25, -0.2) is 8.78 Å². The summed E-state index contributed by atoms with van der Waals surface area (Å²) in [6.07, 6.45) is 0. The van der Waals surface area contributed by atoms with E-state index < -0.39 is 11.6 Å². The molecule has 0 amide bonds. The third kappa shape index (κ3) is 2.42. The van der Waals surface area contributed by atoms with Crippen LogP contribution in [0.5, 0.6) is 0 Å². The lowest BCUT2D eigenvalue weighted by molar-refractivity contribution is 0.509. The first-order valence-electron chi connectivity index (χ1n) is 6.65. The van der Waals surface area contributed by atoms with E-state index in [-0.39, 0.29) is 0 Å². The lowest BCUT2D eigenvalue weighted by Crippen LogP contribution is -2.03. The SMILES string of the molecule is CCNc1nnc(-c2ccc(F)c(F)c2)c2ccccc12. The molecule has 21 heavy (non-hydrogen) atoms. The number of nitrogens with one attached hydrogen (secondary N) is 1. The molecule has 0 atom stereocenters. The first-order chi connectivity index (χ1) is 10.2. The lowest BCUT2D eigenvalue weighted by atomic mass is 10.0. The van der Waals surface area contributed by atoms with Crippen LogP contribution in [0.4, 0.5) is 14.6 Å². The molecule has 2 aromatic carbocycles. The van der Waals surface area contributed by atoms with Crippen LogP contribution in [0.15, 0.2) is 42.5 Å². The number of hydrogen-bond acceptors (Lipinski definition) is 3. The molecule has 0 saturated heterocycles. The largest absolute Gasteiger partial charge is 0.368 e. The molecule has 1 heterocycles. The van der Waals surface area contributed by atoms with E-state index in [1.54, 1.807) is 0 Å². The van der Waals surface area contributed by atoms with Crippen LogP contribution in [0, 0.1) is 11.6 Å². The van der Waals surface area contributed by atoms with Crippen LogP contribution in [-0.2, 0) is 0 Å². The Morgan fingerprint density at radius 3 is 2.43 bits per heavy atom. The van der Waals surface area contributed by atoms with E-state index >= 15 is 0 Å². The Bertz CT molecular complexity index is 803. The van der Waals surface area contributed by atoms with Crippen molar-refractivity contribution in [1.29, 1.82) is 0 Å². The molecule has 0 aliphatic carbocycles. The molecule has 0 saturated carbocycles. The maximum atomic E-state index is 13.4. The topological polar surface area (TPSA) is 37.8 Å². The second-order valence-electron chi connectivity index (χ2n) is 4.60. The molecule has 1 aromatic heterocycles. The predicted octanol–water partition coefficient (Wildman–Crippen LogP) is 4.01. The number of halogens is 2. The monoisotopic (exact) mass is 285 g/mol. The summed E-state index contributed by atoms with van der Waals surface area (Å²) in [5, 5.41) is 13.2. The Kier molecular flexibility index (Phi) is 3.48. The molecular weight excluding hydrogens is 272 g/mol. The molecule has 1 N–H and O–H groups in total. The van der Waals surface area contributed by atoms with Crippen LogP contribution in [0.25, 0.3) is 22.0 Å². The Hall–Kier alpha value is -2.56.